The van der Waals surface area contributed by atoms with Gasteiger partial charge < -0.3 is 15.4 Å². The van der Waals surface area contributed by atoms with Gasteiger partial charge in [-0.1, -0.05) is 6.92 Å². The fourth-order valence-corrected chi connectivity index (χ4v) is 7.23. The van der Waals surface area contributed by atoms with Gasteiger partial charge in [-0.2, -0.15) is 5.10 Å². The number of pyridine rings is 1. The van der Waals surface area contributed by atoms with E-state index in [1.807, 2.05) is 6.07 Å². The summed E-state index contributed by atoms with van der Waals surface area (Å²) < 4.78 is 61.3. The summed E-state index contributed by atoms with van der Waals surface area (Å²) in [5.74, 6) is -0.714. The number of hydrogen-bond acceptors (Lipinski definition) is 8. The Labute approximate surface area is 266 Å². The molecule has 4 atom stereocenters. The van der Waals surface area contributed by atoms with Crippen molar-refractivity contribution in [2.75, 3.05) is 25.2 Å². The Morgan fingerprint density at radius 2 is 1.89 bits per heavy atom. The van der Waals surface area contributed by atoms with Crippen LogP contribution in [0.15, 0.2) is 48.9 Å². The highest BCUT2D eigenvalue weighted by Crippen LogP contribution is 2.38. The Bertz CT molecular complexity index is 1830. The largest absolute Gasteiger partial charge is 0.375 e. The molecule has 4 aromatic rings. The zero-order valence-corrected chi connectivity index (χ0v) is 26.7. The van der Waals surface area contributed by atoms with Gasteiger partial charge in [-0.3, -0.25) is 9.78 Å². The quantitative estimate of drug-likeness (QED) is 0.271. The topological polar surface area (TPSA) is 133 Å². The molecule has 2 fully saturated rings. The normalized spacial score (nSPS) is 22.2. The van der Waals surface area contributed by atoms with Crippen molar-refractivity contribution in [3.8, 4) is 11.3 Å². The fraction of sp³-hybridized carbons (Fsp3) is 0.455. The Balaban J connectivity index is 1.22. The minimum atomic E-state index is -3.13. The summed E-state index contributed by atoms with van der Waals surface area (Å²) in [7, 11) is -3.13. The Morgan fingerprint density at radius 3 is 2.59 bits per heavy atom. The first kappa shape index (κ1) is 32.1. The zero-order valence-electron chi connectivity index (χ0n) is 25.9. The summed E-state index contributed by atoms with van der Waals surface area (Å²) >= 11 is 0. The first-order chi connectivity index (χ1) is 22.0. The number of nitrogens with two attached hydrogens (primary N) is 1. The zero-order chi connectivity index (χ0) is 32.6. The SMILES string of the molecule is C[C@H]1C[C@@H](c2ccncc2Cc2ncc3ccc(-c4c(F)cc(CN5CCCC5=O)cc4F)nn23)C[C@@H](N)[C@H]1OCCS(C)(=O)=O. The molecule has 13 heteroatoms. The predicted octanol–water partition coefficient (Wildman–Crippen LogP) is 4.05. The van der Waals surface area contributed by atoms with Crippen LogP contribution in [-0.4, -0.2) is 76.1 Å². The molecule has 46 heavy (non-hydrogen) atoms. The van der Waals surface area contributed by atoms with Gasteiger partial charge in [0.05, 0.1) is 41.4 Å². The summed E-state index contributed by atoms with van der Waals surface area (Å²) in [5, 5.41) is 4.60. The molecule has 6 rings (SSSR count). The van der Waals surface area contributed by atoms with Crippen LogP contribution >= 0.6 is 0 Å². The molecule has 1 aromatic carbocycles. The maximum absolute atomic E-state index is 15.3. The van der Waals surface area contributed by atoms with Crippen molar-refractivity contribution in [3.05, 3.63) is 83.1 Å². The lowest BCUT2D eigenvalue weighted by Gasteiger charge is -2.39. The average Bonchev–Trinajstić information content (AvgIpc) is 3.58. The van der Waals surface area contributed by atoms with Crippen molar-refractivity contribution in [2.24, 2.45) is 11.7 Å². The van der Waals surface area contributed by atoms with E-state index in [4.69, 9.17) is 10.5 Å². The third-order valence-corrected chi connectivity index (χ3v) is 9.96. The number of hydrogen-bond donors (Lipinski definition) is 1. The molecule has 3 aromatic heterocycles. The third kappa shape index (κ3) is 6.96. The third-order valence-electron chi connectivity index (χ3n) is 9.05. The second-order valence-corrected chi connectivity index (χ2v) is 14.9. The van der Waals surface area contributed by atoms with Crippen molar-refractivity contribution < 1.29 is 26.7 Å². The lowest BCUT2D eigenvalue weighted by Crippen LogP contribution is -2.47. The molecule has 0 spiro atoms. The fourth-order valence-electron chi connectivity index (χ4n) is 6.84. The van der Waals surface area contributed by atoms with Crippen LogP contribution in [0.2, 0.25) is 0 Å². The molecule has 1 aliphatic carbocycles. The number of carbonyl (C=O) groups is 1. The molecule has 1 aliphatic heterocycles. The molecule has 1 amide bonds. The number of benzene rings is 1. The van der Waals surface area contributed by atoms with Gasteiger partial charge in [0.1, 0.15) is 27.3 Å². The van der Waals surface area contributed by atoms with Crippen molar-refractivity contribution in [2.45, 2.75) is 63.6 Å². The van der Waals surface area contributed by atoms with Gasteiger partial charge >= 0.3 is 0 Å². The first-order valence-corrected chi connectivity index (χ1v) is 17.6. The van der Waals surface area contributed by atoms with Gasteiger partial charge in [-0.15, -0.1) is 0 Å². The van der Waals surface area contributed by atoms with Gasteiger partial charge in [0.2, 0.25) is 5.91 Å². The maximum Gasteiger partial charge on any atom is 0.222 e. The molecule has 2 N–H and O–H groups in total. The second kappa shape index (κ2) is 13.1. The number of rotatable bonds is 10. The Hall–Kier alpha value is -3.81. The number of aromatic nitrogens is 4. The summed E-state index contributed by atoms with van der Waals surface area (Å²) in [5.41, 5.74) is 9.56. The number of halogens is 2. The molecule has 2 aliphatic rings. The van der Waals surface area contributed by atoms with Crippen LogP contribution in [0.25, 0.3) is 16.8 Å². The molecule has 1 saturated carbocycles. The minimum Gasteiger partial charge on any atom is -0.375 e. The van der Waals surface area contributed by atoms with Crippen molar-refractivity contribution in [3.63, 3.8) is 0 Å². The van der Waals surface area contributed by atoms with E-state index in [0.717, 1.165) is 24.0 Å². The second-order valence-electron chi connectivity index (χ2n) is 12.6. The van der Waals surface area contributed by atoms with Crippen LogP contribution in [0.4, 0.5) is 8.78 Å². The van der Waals surface area contributed by atoms with Crippen molar-refractivity contribution >= 4 is 21.3 Å². The molecule has 0 radical (unpaired) electrons. The Kier molecular flexibility index (Phi) is 9.17. The van der Waals surface area contributed by atoms with Crippen LogP contribution in [0, 0.1) is 17.6 Å². The predicted molar refractivity (Wildman–Crippen MR) is 169 cm³/mol. The molecule has 0 unspecified atom stereocenters. The number of likely N-dealkylation sites (tertiary alicyclic amines) is 1. The van der Waals surface area contributed by atoms with Crippen molar-refractivity contribution in [1.29, 1.82) is 0 Å². The van der Waals surface area contributed by atoms with Crippen LogP contribution in [0.1, 0.15) is 61.0 Å². The van der Waals surface area contributed by atoms with E-state index >= 15 is 8.78 Å². The van der Waals surface area contributed by atoms with E-state index in [-0.39, 0.29) is 60.1 Å². The van der Waals surface area contributed by atoms with Gasteiger partial charge in [-0.05, 0) is 78.1 Å². The van der Waals surface area contributed by atoms with Gasteiger partial charge in [0.15, 0.2) is 0 Å². The first-order valence-electron chi connectivity index (χ1n) is 15.5. The standard InChI is InChI=1S/C33H38F2N6O4S/c1-20-12-22(15-28(36)33(20)45-10-11-46(2,43)44)25-7-8-37-17-23(25)16-30-38-18-24-5-6-29(39-41(24)30)32-26(34)13-21(14-27(32)35)19-40-9-3-4-31(40)42/h5-8,13-14,17-18,20,22,28,33H,3-4,9-12,15-16,19,36H2,1-2H3/t20-,22+,28+,33-/m0/s1. The Morgan fingerprint density at radius 1 is 1.11 bits per heavy atom. The number of carbonyl (C=O) groups excluding carboxylic acids is 1. The number of imidazole rings is 1. The van der Waals surface area contributed by atoms with Crippen LogP contribution in [0.5, 0.6) is 0 Å². The van der Waals surface area contributed by atoms with Gasteiger partial charge in [-0.25, -0.2) is 26.7 Å². The van der Waals surface area contributed by atoms with E-state index in [2.05, 4.69) is 22.0 Å². The van der Waals surface area contributed by atoms with E-state index in [0.29, 0.717) is 42.7 Å². The number of sulfone groups is 1. The highest BCUT2D eigenvalue weighted by atomic mass is 32.2. The molecular formula is C33H38F2N6O4S. The number of ether oxygens (including phenoxy) is 1. The molecule has 1 saturated heterocycles. The van der Waals surface area contributed by atoms with Crippen molar-refractivity contribution in [1.82, 2.24) is 24.5 Å². The van der Waals surface area contributed by atoms with Gasteiger partial charge in [0, 0.05) is 50.6 Å². The number of amides is 1. The lowest BCUT2D eigenvalue weighted by atomic mass is 9.73. The lowest BCUT2D eigenvalue weighted by molar-refractivity contribution is -0.128. The summed E-state index contributed by atoms with van der Waals surface area (Å²) in [4.78, 5) is 22.6. The minimum absolute atomic E-state index is 0.0117. The van der Waals surface area contributed by atoms with Crippen LogP contribution in [-0.2, 0) is 32.3 Å². The molecule has 10 nitrogen and oxygen atoms in total. The average molecular weight is 653 g/mol. The highest BCUT2D eigenvalue weighted by molar-refractivity contribution is 7.90. The monoisotopic (exact) mass is 652 g/mol. The van der Waals surface area contributed by atoms with E-state index < -0.39 is 21.5 Å². The smallest absolute Gasteiger partial charge is 0.222 e. The molecule has 244 valence electrons. The highest BCUT2D eigenvalue weighted by Gasteiger charge is 2.36. The van der Waals surface area contributed by atoms with Crippen LogP contribution in [0.3, 0.4) is 0 Å². The summed E-state index contributed by atoms with van der Waals surface area (Å²) in [6, 6.07) is 7.55. The van der Waals surface area contributed by atoms with E-state index in [9.17, 15) is 13.2 Å². The maximum atomic E-state index is 15.3. The number of nitrogens with zero attached hydrogens (tertiary/aromatic N) is 5. The summed E-state index contributed by atoms with van der Waals surface area (Å²) in [6.07, 6.45) is 9.23. The van der Waals surface area contributed by atoms with E-state index in [1.165, 1.54) is 18.4 Å². The molecular weight excluding hydrogens is 614 g/mol. The number of fused-ring (bicyclic) bond motifs is 1. The molecule has 4 heterocycles. The molecule has 0 bridgehead atoms. The van der Waals surface area contributed by atoms with E-state index in [1.54, 1.807) is 40.1 Å². The summed E-state index contributed by atoms with van der Waals surface area (Å²) in [6.45, 7) is 2.94. The van der Waals surface area contributed by atoms with Gasteiger partial charge in [0.25, 0.3) is 0 Å². The van der Waals surface area contributed by atoms with Crippen LogP contribution < -0.4 is 5.73 Å².